The monoisotopic (exact) mass is 146 g/mol. The fourth-order valence-corrected chi connectivity index (χ4v) is 0.706. The van der Waals surface area contributed by atoms with Crippen LogP contribution in [0, 0.1) is 5.92 Å². The number of hydrogen-bond donors (Lipinski definition) is 3. The Balaban J connectivity index is 3.50. The third-order valence-electron chi connectivity index (χ3n) is 1.39. The standard InChI is InChI=1S/C6H14N2O2/c7-3-1-2-5(4-8)6(9)10/h5H,1-4,7-8H2,(H,9,10). The van der Waals surface area contributed by atoms with Crippen molar-refractivity contribution in [2.75, 3.05) is 13.1 Å². The molecule has 10 heavy (non-hydrogen) atoms. The van der Waals surface area contributed by atoms with Crippen molar-refractivity contribution in [3.8, 4) is 0 Å². The number of rotatable bonds is 5. The van der Waals surface area contributed by atoms with E-state index in [4.69, 9.17) is 16.6 Å². The predicted octanol–water partition coefficient (Wildman–Crippen LogP) is -0.615. The molecular weight excluding hydrogens is 132 g/mol. The second kappa shape index (κ2) is 5.20. The molecule has 0 radical (unpaired) electrons. The van der Waals surface area contributed by atoms with Crippen LogP contribution in [0.3, 0.4) is 0 Å². The van der Waals surface area contributed by atoms with Crippen LogP contribution < -0.4 is 11.5 Å². The molecule has 0 heterocycles. The zero-order valence-corrected chi connectivity index (χ0v) is 5.92. The van der Waals surface area contributed by atoms with Crippen molar-refractivity contribution in [3.63, 3.8) is 0 Å². The minimum absolute atomic E-state index is 0.204. The van der Waals surface area contributed by atoms with E-state index in [1.807, 2.05) is 0 Å². The number of nitrogens with two attached hydrogens (primary N) is 2. The van der Waals surface area contributed by atoms with Crippen LogP contribution in [-0.2, 0) is 4.79 Å². The molecule has 0 fully saturated rings. The summed E-state index contributed by atoms with van der Waals surface area (Å²) >= 11 is 0. The lowest BCUT2D eigenvalue weighted by molar-refractivity contribution is -0.141. The van der Waals surface area contributed by atoms with Gasteiger partial charge >= 0.3 is 5.97 Å². The normalized spacial score (nSPS) is 13.0. The number of carboxylic acids is 1. The van der Waals surface area contributed by atoms with E-state index in [1.54, 1.807) is 0 Å². The zero-order valence-electron chi connectivity index (χ0n) is 5.92. The average molecular weight is 146 g/mol. The maximum Gasteiger partial charge on any atom is 0.307 e. The van der Waals surface area contributed by atoms with Crippen molar-refractivity contribution in [1.82, 2.24) is 0 Å². The molecular formula is C6H14N2O2. The summed E-state index contributed by atoms with van der Waals surface area (Å²) in [6, 6.07) is 0. The van der Waals surface area contributed by atoms with Gasteiger partial charge in [0.15, 0.2) is 0 Å². The summed E-state index contributed by atoms with van der Waals surface area (Å²) < 4.78 is 0. The van der Waals surface area contributed by atoms with Gasteiger partial charge in [-0.2, -0.15) is 0 Å². The van der Waals surface area contributed by atoms with Gasteiger partial charge in [-0.3, -0.25) is 4.79 Å². The summed E-state index contributed by atoms with van der Waals surface area (Å²) in [5, 5.41) is 8.48. The van der Waals surface area contributed by atoms with Crippen molar-refractivity contribution in [3.05, 3.63) is 0 Å². The van der Waals surface area contributed by atoms with Crippen molar-refractivity contribution >= 4 is 5.97 Å². The Hall–Kier alpha value is -0.610. The van der Waals surface area contributed by atoms with Crippen molar-refractivity contribution in [2.45, 2.75) is 12.8 Å². The molecule has 0 rings (SSSR count). The molecule has 0 aliphatic carbocycles. The van der Waals surface area contributed by atoms with Crippen LogP contribution >= 0.6 is 0 Å². The first-order valence-electron chi connectivity index (χ1n) is 3.35. The summed E-state index contributed by atoms with van der Waals surface area (Å²) in [5.41, 5.74) is 10.4. The Morgan fingerprint density at radius 2 is 2.10 bits per heavy atom. The van der Waals surface area contributed by atoms with Gasteiger partial charge in [0.05, 0.1) is 5.92 Å². The summed E-state index contributed by atoms with van der Waals surface area (Å²) in [6.07, 6.45) is 1.32. The van der Waals surface area contributed by atoms with Gasteiger partial charge in [0, 0.05) is 6.54 Å². The molecule has 0 aromatic carbocycles. The van der Waals surface area contributed by atoms with E-state index in [0.29, 0.717) is 13.0 Å². The van der Waals surface area contributed by atoms with Crippen molar-refractivity contribution in [1.29, 1.82) is 0 Å². The van der Waals surface area contributed by atoms with Gasteiger partial charge in [0.25, 0.3) is 0 Å². The first kappa shape index (κ1) is 9.39. The quantitative estimate of drug-likeness (QED) is 0.482. The van der Waals surface area contributed by atoms with Crippen LogP contribution in [0.1, 0.15) is 12.8 Å². The third-order valence-corrected chi connectivity index (χ3v) is 1.39. The largest absolute Gasteiger partial charge is 0.481 e. The maximum atomic E-state index is 10.3. The molecule has 5 N–H and O–H groups in total. The summed E-state index contributed by atoms with van der Waals surface area (Å²) in [7, 11) is 0. The number of carboxylic acid groups (broad SMARTS) is 1. The number of carbonyl (C=O) groups is 1. The van der Waals surface area contributed by atoms with Gasteiger partial charge in [0.2, 0.25) is 0 Å². The topological polar surface area (TPSA) is 89.3 Å². The fraction of sp³-hybridized carbons (Fsp3) is 0.833. The lowest BCUT2D eigenvalue weighted by atomic mass is 10.0. The van der Waals surface area contributed by atoms with Gasteiger partial charge < -0.3 is 16.6 Å². The van der Waals surface area contributed by atoms with Crippen LogP contribution in [0.2, 0.25) is 0 Å². The summed E-state index contributed by atoms with van der Waals surface area (Å²) in [6.45, 7) is 0.735. The van der Waals surface area contributed by atoms with E-state index >= 15 is 0 Å². The van der Waals surface area contributed by atoms with Crippen LogP contribution in [0.25, 0.3) is 0 Å². The first-order valence-corrected chi connectivity index (χ1v) is 3.35. The molecule has 0 aromatic heterocycles. The molecule has 0 saturated heterocycles. The van der Waals surface area contributed by atoms with E-state index < -0.39 is 11.9 Å². The van der Waals surface area contributed by atoms with Crippen molar-refractivity contribution < 1.29 is 9.90 Å². The Bertz CT molecular complexity index is 106. The number of hydrogen-bond acceptors (Lipinski definition) is 3. The molecule has 4 heteroatoms. The number of aliphatic carboxylic acids is 1. The van der Waals surface area contributed by atoms with E-state index in [0.717, 1.165) is 6.42 Å². The van der Waals surface area contributed by atoms with E-state index in [-0.39, 0.29) is 6.54 Å². The van der Waals surface area contributed by atoms with Crippen LogP contribution in [0.4, 0.5) is 0 Å². The minimum atomic E-state index is -0.823. The zero-order chi connectivity index (χ0) is 7.98. The van der Waals surface area contributed by atoms with E-state index in [1.165, 1.54) is 0 Å². The Morgan fingerprint density at radius 1 is 1.50 bits per heavy atom. The lowest BCUT2D eigenvalue weighted by Crippen LogP contribution is -2.23. The highest BCUT2D eigenvalue weighted by atomic mass is 16.4. The Morgan fingerprint density at radius 3 is 2.40 bits per heavy atom. The molecule has 0 spiro atoms. The molecule has 0 amide bonds. The molecule has 4 nitrogen and oxygen atoms in total. The SMILES string of the molecule is NCCCC(CN)C(=O)O. The summed E-state index contributed by atoms with van der Waals surface area (Å²) in [4.78, 5) is 10.3. The minimum Gasteiger partial charge on any atom is -0.481 e. The Kier molecular flexibility index (Phi) is 4.88. The maximum absolute atomic E-state index is 10.3. The van der Waals surface area contributed by atoms with E-state index in [9.17, 15) is 4.79 Å². The van der Waals surface area contributed by atoms with Crippen molar-refractivity contribution in [2.24, 2.45) is 17.4 Å². The molecule has 0 saturated carbocycles. The fourth-order valence-electron chi connectivity index (χ4n) is 0.706. The lowest BCUT2D eigenvalue weighted by Gasteiger charge is -2.06. The van der Waals surface area contributed by atoms with Gasteiger partial charge in [-0.15, -0.1) is 0 Å². The smallest absolute Gasteiger partial charge is 0.307 e. The van der Waals surface area contributed by atoms with Crippen LogP contribution in [0.5, 0.6) is 0 Å². The van der Waals surface area contributed by atoms with Crippen LogP contribution in [0.15, 0.2) is 0 Å². The third kappa shape index (κ3) is 3.42. The van der Waals surface area contributed by atoms with Crippen LogP contribution in [-0.4, -0.2) is 24.2 Å². The second-order valence-electron chi connectivity index (χ2n) is 2.20. The highest BCUT2D eigenvalue weighted by molar-refractivity contribution is 5.70. The molecule has 0 aliphatic rings. The molecule has 0 bridgehead atoms. The van der Waals surface area contributed by atoms with Gasteiger partial charge in [-0.1, -0.05) is 0 Å². The predicted molar refractivity (Wildman–Crippen MR) is 38.5 cm³/mol. The molecule has 60 valence electrons. The van der Waals surface area contributed by atoms with Gasteiger partial charge in [-0.05, 0) is 19.4 Å². The van der Waals surface area contributed by atoms with Gasteiger partial charge in [-0.25, -0.2) is 0 Å². The molecule has 1 atom stereocenters. The molecule has 0 aliphatic heterocycles. The second-order valence-corrected chi connectivity index (χ2v) is 2.20. The molecule has 1 unspecified atom stereocenters. The van der Waals surface area contributed by atoms with Gasteiger partial charge in [0.1, 0.15) is 0 Å². The summed E-state index contributed by atoms with van der Waals surface area (Å²) in [5.74, 6) is -1.24. The van der Waals surface area contributed by atoms with E-state index in [2.05, 4.69) is 0 Å². The average Bonchev–Trinajstić information content (AvgIpc) is 1.89. The highest BCUT2D eigenvalue weighted by Crippen LogP contribution is 2.02. The molecule has 0 aromatic rings. The Labute approximate surface area is 60.2 Å². The highest BCUT2D eigenvalue weighted by Gasteiger charge is 2.13. The first-order chi connectivity index (χ1) is 4.72.